The molecule has 0 atom stereocenters. The molecule has 0 heterocycles. The molecule has 1 aromatic carbocycles. The number of nitrogen functional groups attached to an aromatic ring is 1. The van der Waals surface area contributed by atoms with E-state index in [-0.39, 0.29) is 5.75 Å². The maximum atomic E-state index is 13.5. The Morgan fingerprint density at radius 2 is 2.15 bits per heavy atom. The zero-order chi connectivity index (χ0) is 15.0. The highest BCUT2D eigenvalue weighted by Gasteiger charge is 2.09. The smallest absolute Gasteiger partial charge is 0.321 e. The van der Waals surface area contributed by atoms with Crippen LogP contribution in [0.2, 0.25) is 0 Å². The van der Waals surface area contributed by atoms with E-state index in [1.165, 1.54) is 12.1 Å². The molecule has 5 nitrogen and oxygen atoms in total. The monoisotopic (exact) mass is 299 g/mol. The molecule has 0 aliphatic heterocycles. The van der Waals surface area contributed by atoms with Crippen LogP contribution in [0.25, 0.3) is 0 Å². The second-order valence-electron chi connectivity index (χ2n) is 4.14. The van der Waals surface area contributed by atoms with Crippen LogP contribution in [0.4, 0.5) is 14.9 Å². The SMILES string of the molecule is CCCCNC(=O)NC(=O)CSc1ccc(N)cc1F. The van der Waals surface area contributed by atoms with Gasteiger partial charge in [-0.15, -0.1) is 11.8 Å². The van der Waals surface area contributed by atoms with Crippen molar-refractivity contribution < 1.29 is 14.0 Å². The number of carbonyl (C=O) groups excluding carboxylic acids is 2. The van der Waals surface area contributed by atoms with Gasteiger partial charge >= 0.3 is 6.03 Å². The quantitative estimate of drug-likeness (QED) is 0.427. The van der Waals surface area contributed by atoms with E-state index in [9.17, 15) is 14.0 Å². The average Bonchev–Trinajstić information content (AvgIpc) is 2.38. The van der Waals surface area contributed by atoms with E-state index in [2.05, 4.69) is 10.6 Å². The summed E-state index contributed by atoms with van der Waals surface area (Å²) >= 11 is 1.01. The van der Waals surface area contributed by atoms with E-state index in [4.69, 9.17) is 5.73 Å². The molecule has 3 amide bonds. The predicted molar refractivity (Wildman–Crippen MR) is 78.0 cm³/mol. The zero-order valence-electron chi connectivity index (χ0n) is 11.2. The van der Waals surface area contributed by atoms with Crippen LogP contribution < -0.4 is 16.4 Å². The standard InChI is InChI=1S/C13H18FN3O2S/c1-2-3-6-16-13(19)17-12(18)8-20-11-5-4-9(15)7-10(11)14/h4-5,7H,2-3,6,8,15H2,1H3,(H2,16,17,18,19). The van der Waals surface area contributed by atoms with E-state index in [1.54, 1.807) is 6.07 Å². The van der Waals surface area contributed by atoms with Crippen LogP contribution in [0, 0.1) is 5.82 Å². The number of hydrogen-bond donors (Lipinski definition) is 3. The van der Waals surface area contributed by atoms with E-state index in [1.807, 2.05) is 6.92 Å². The third-order valence-electron chi connectivity index (χ3n) is 2.38. The molecule has 0 unspecified atom stereocenters. The van der Waals surface area contributed by atoms with Crippen LogP contribution in [0.3, 0.4) is 0 Å². The first-order chi connectivity index (χ1) is 9.52. The van der Waals surface area contributed by atoms with Crippen LogP contribution in [-0.2, 0) is 4.79 Å². The summed E-state index contributed by atoms with van der Waals surface area (Å²) in [5.74, 6) is -0.988. The number of unbranched alkanes of at least 4 members (excludes halogenated alkanes) is 1. The molecule has 0 aliphatic rings. The lowest BCUT2D eigenvalue weighted by molar-refractivity contribution is -0.117. The Labute approximate surface area is 121 Å². The van der Waals surface area contributed by atoms with E-state index in [0.29, 0.717) is 17.1 Å². The molecule has 0 radical (unpaired) electrons. The maximum Gasteiger partial charge on any atom is 0.321 e. The summed E-state index contributed by atoms with van der Waals surface area (Å²) in [6.07, 6.45) is 1.81. The lowest BCUT2D eigenvalue weighted by atomic mass is 10.3. The van der Waals surface area contributed by atoms with Gasteiger partial charge in [-0.3, -0.25) is 10.1 Å². The van der Waals surface area contributed by atoms with Gasteiger partial charge in [-0.05, 0) is 24.6 Å². The fourth-order valence-corrected chi connectivity index (χ4v) is 2.08. The van der Waals surface area contributed by atoms with Crippen LogP contribution >= 0.6 is 11.8 Å². The normalized spacial score (nSPS) is 10.1. The van der Waals surface area contributed by atoms with Gasteiger partial charge in [-0.2, -0.15) is 0 Å². The molecule has 0 fully saturated rings. The van der Waals surface area contributed by atoms with Crippen LogP contribution in [-0.4, -0.2) is 24.2 Å². The minimum absolute atomic E-state index is 0.0396. The number of amides is 3. The zero-order valence-corrected chi connectivity index (χ0v) is 12.1. The second kappa shape index (κ2) is 8.42. The molecule has 4 N–H and O–H groups in total. The Balaban J connectivity index is 2.34. The summed E-state index contributed by atoms with van der Waals surface area (Å²) in [7, 11) is 0. The van der Waals surface area contributed by atoms with Crippen molar-refractivity contribution in [3.05, 3.63) is 24.0 Å². The first kappa shape index (κ1) is 16.3. The minimum atomic E-state index is -0.526. The van der Waals surface area contributed by atoms with Crippen LogP contribution in [0.1, 0.15) is 19.8 Å². The number of imide groups is 1. The number of urea groups is 1. The van der Waals surface area contributed by atoms with Gasteiger partial charge in [-0.25, -0.2) is 9.18 Å². The van der Waals surface area contributed by atoms with E-state index in [0.717, 1.165) is 24.6 Å². The fraction of sp³-hybridized carbons (Fsp3) is 0.385. The van der Waals surface area contributed by atoms with Gasteiger partial charge < -0.3 is 11.1 Å². The highest BCUT2D eigenvalue weighted by molar-refractivity contribution is 8.00. The molecular weight excluding hydrogens is 281 g/mol. The van der Waals surface area contributed by atoms with Crippen molar-refractivity contribution in [1.82, 2.24) is 10.6 Å². The minimum Gasteiger partial charge on any atom is -0.399 e. The Bertz CT molecular complexity index is 483. The van der Waals surface area contributed by atoms with Crippen molar-refractivity contribution in [1.29, 1.82) is 0 Å². The lowest BCUT2D eigenvalue weighted by Crippen LogP contribution is -2.40. The first-order valence-corrected chi connectivity index (χ1v) is 7.27. The molecule has 0 aliphatic carbocycles. The molecule has 110 valence electrons. The molecule has 0 bridgehead atoms. The largest absolute Gasteiger partial charge is 0.399 e. The Hall–Kier alpha value is -1.76. The van der Waals surface area contributed by atoms with E-state index < -0.39 is 17.8 Å². The highest BCUT2D eigenvalue weighted by Crippen LogP contribution is 2.23. The van der Waals surface area contributed by atoms with Gasteiger partial charge in [0.25, 0.3) is 0 Å². The number of halogens is 1. The molecule has 1 rings (SSSR count). The van der Waals surface area contributed by atoms with Gasteiger partial charge in [0.15, 0.2) is 0 Å². The molecule has 20 heavy (non-hydrogen) atoms. The van der Waals surface area contributed by atoms with Crippen molar-refractivity contribution in [3.8, 4) is 0 Å². The predicted octanol–water partition coefficient (Wildman–Crippen LogP) is 2.13. The van der Waals surface area contributed by atoms with Gasteiger partial charge in [0.05, 0.1) is 5.75 Å². The van der Waals surface area contributed by atoms with E-state index >= 15 is 0 Å². The average molecular weight is 299 g/mol. The summed E-state index contributed by atoms with van der Waals surface area (Å²) in [5.41, 5.74) is 5.75. The Morgan fingerprint density at radius 3 is 2.80 bits per heavy atom. The molecule has 1 aromatic rings. The summed E-state index contributed by atoms with van der Waals surface area (Å²) in [6.45, 7) is 2.53. The Kier molecular flexibility index (Phi) is 6.86. The number of nitrogens with one attached hydrogen (secondary N) is 2. The third kappa shape index (κ3) is 5.92. The summed E-state index contributed by atoms with van der Waals surface area (Å²) in [6, 6.07) is 3.73. The van der Waals surface area contributed by atoms with Gasteiger partial charge in [-0.1, -0.05) is 13.3 Å². The fourth-order valence-electron chi connectivity index (χ4n) is 1.36. The van der Waals surface area contributed by atoms with Crippen LogP contribution in [0.15, 0.2) is 23.1 Å². The summed E-state index contributed by atoms with van der Waals surface area (Å²) in [4.78, 5) is 23.1. The summed E-state index contributed by atoms with van der Waals surface area (Å²) in [5, 5.41) is 4.74. The number of anilines is 1. The Morgan fingerprint density at radius 1 is 1.40 bits per heavy atom. The molecule has 7 heteroatoms. The van der Waals surface area contributed by atoms with Crippen molar-refractivity contribution >= 4 is 29.4 Å². The maximum absolute atomic E-state index is 13.5. The lowest BCUT2D eigenvalue weighted by Gasteiger charge is -2.06. The highest BCUT2D eigenvalue weighted by atomic mass is 32.2. The van der Waals surface area contributed by atoms with Crippen molar-refractivity contribution in [2.45, 2.75) is 24.7 Å². The molecule has 0 saturated heterocycles. The number of thioether (sulfide) groups is 1. The number of hydrogen-bond acceptors (Lipinski definition) is 4. The number of benzene rings is 1. The third-order valence-corrected chi connectivity index (χ3v) is 3.43. The molecule has 0 saturated carbocycles. The first-order valence-electron chi connectivity index (χ1n) is 6.28. The number of nitrogens with two attached hydrogens (primary N) is 1. The number of carbonyl (C=O) groups is 2. The van der Waals surface area contributed by atoms with Gasteiger partial charge in [0.1, 0.15) is 5.82 Å². The van der Waals surface area contributed by atoms with Crippen LogP contribution in [0.5, 0.6) is 0 Å². The summed E-state index contributed by atoms with van der Waals surface area (Å²) < 4.78 is 13.5. The topological polar surface area (TPSA) is 84.2 Å². The molecular formula is C13H18FN3O2S. The van der Waals surface area contributed by atoms with Crippen molar-refractivity contribution in [2.24, 2.45) is 0 Å². The molecule has 0 spiro atoms. The van der Waals surface area contributed by atoms with Gasteiger partial charge in [0.2, 0.25) is 5.91 Å². The van der Waals surface area contributed by atoms with Gasteiger partial charge in [0, 0.05) is 17.1 Å². The molecule has 0 aromatic heterocycles. The second-order valence-corrected chi connectivity index (χ2v) is 5.15. The number of rotatable bonds is 6. The van der Waals surface area contributed by atoms with Crippen molar-refractivity contribution in [3.63, 3.8) is 0 Å². The van der Waals surface area contributed by atoms with Crippen molar-refractivity contribution in [2.75, 3.05) is 18.0 Å².